The average Bonchev–Trinajstić information content (AvgIpc) is 2.45. The number of ether oxygens (including phenoxy) is 2. The molecule has 0 radical (unpaired) electrons. The smallest absolute Gasteiger partial charge is 0.203 e. The summed E-state index contributed by atoms with van der Waals surface area (Å²) in [6, 6.07) is 13.5. The van der Waals surface area contributed by atoms with Crippen molar-refractivity contribution in [3.63, 3.8) is 0 Å². The van der Waals surface area contributed by atoms with Gasteiger partial charge in [-0.2, -0.15) is 0 Å². The van der Waals surface area contributed by atoms with Crippen molar-refractivity contribution in [3.05, 3.63) is 53.6 Å². The second-order valence-electron chi connectivity index (χ2n) is 4.69. The summed E-state index contributed by atoms with van der Waals surface area (Å²) in [6.45, 7) is 2.71. The van der Waals surface area contributed by atoms with Crippen molar-refractivity contribution in [2.45, 2.75) is 19.8 Å². The van der Waals surface area contributed by atoms with E-state index < -0.39 is 0 Å². The van der Waals surface area contributed by atoms with Crippen molar-refractivity contribution >= 4 is 0 Å². The van der Waals surface area contributed by atoms with E-state index in [0.717, 1.165) is 12.8 Å². The van der Waals surface area contributed by atoms with Crippen LogP contribution in [0.2, 0.25) is 0 Å². The zero-order valence-corrected chi connectivity index (χ0v) is 11.9. The van der Waals surface area contributed by atoms with Gasteiger partial charge in [0.15, 0.2) is 11.5 Å². The first-order chi connectivity index (χ1) is 9.72. The van der Waals surface area contributed by atoms with Crippen LogP contribution in [0.25, 0.3) is 0 Å². The van der Waals surface area contributed by atoms with E-state index in [9.17, 15) is 5.11 Å². The monoisotopic (exact) mass is 272 g/mol. The van der Waals surface area contributed by atoms with E-state index in [1.807, 2.05) is 6.07 Å². The van der Waals surface area contributed by atoms with Gasteiger partial charge < -0.3 is 14.6 Å². The third-order valence-corrected chi connectivity index (χ3v) is 3.27. The van der Waals surface area contributed by atoms with Crippen LogP contribution in [-0.2, 0) is 6.42 Å². The van der Waals surface area contributed by atoms with Crippen molar-refractivity contribution in [1.29, 1.82) is 0 Å². The number of methoxy groups -OCH3 is 1. The molecule has 0 aromatic heterocycles. The molecule has 0 amide bonds. The maximum absolute atomic E-state index is 9.66. The third-order valence-electron chi connectivity index (χ3n) is 3.27. The minimum absolute atomic E-state index is 0.101. The van der Waals surface area contributed by atoms with E-state index >= 15 is 0 Å². The number of hydrogen-bond donors (Lipinski definition) is 1. The van der Waals surface area contributed by atoms with Crippen LogP contribution in [0.15, 0.2) is 42.5 Å². The van der Waals surface area contributed by atoms with Gasteiger partial charge in [-0.1, -0.05) is 30.3 Å². The predicted octanol–water partition coefficient (Wildman–Crippen LogP) is 3.72. The maximum atomic E-state index is 9.66. The van der Waals surface area contributed by atoms with Crippen LogP contribution < -0.4 is 9.47 Å². The molecule has 2 aromatic rings. The van der Waals surface area contributed by atoms with E-state index in [1.54, 1.807) is 18.2 Å². The van der Waals surface area contributed by atoms with Gasteiger partial charge in [-0.15, -0.1) is 0 Å². The number of benzene rings is 2. The first kappa shape index (κ1) is 14.3. The highest BCUT2D eigenvalue weighted by Crippen LogP contribution is 2.35. The molecule has 0 aliphatic rings. The Bertz CT molecular complexity index is 564. The molecular weight excluding hydrogens is 252 g/mol. The van der Waals surface area contributed by atoms with Gasteiger partial charge in [0.05, 0.1) is 13.7 Å². The van der Waals surface area contributed by atoms with Crippen LogP contribution in [0.1, 0.15) is 17.5 Å². The quantitative estimate of drug-likeness (QED) is 0.814. The summed E-state index contributed by atoms with van der Waals surface area (Å²) in [5.41, 5.74) is 2.65. The van der Waals surface area contributed by atoms with Crippen molar-refractivity contribution in [2.24, 2.45) is 0 Å². The van der Waals surface area contributed by atoms with Gasteiger partial charge in [0.25, 0.3) is 0 Å². The highest BCUT2D eigenvalue weighted by atomic mass is 16.5. The summed E-state index contributed by atoms with van der Waals surface area (Å²) >= 11 is 0. The van der Waals surface area contributed by atoms with Gasteiger partial charge in [-0.25, -0.2) is 0 Å². The molecule has 0 saturated carbocycles. The molecule has 0 saturated heterocycles. The molecule has 3 nitrogen and oxygen atoms in total. The van der Waals surface area contributed by atoms with Crippen molar-refractivity contribution < 1.29 is 14.6 Å². The van der Waals surface area contributed by atoms with Gasteiger partial charge in [-0.05, 0) is 43.0 Å². The van der Waals surface area contributed by atoms with Gasteiger partial charge >= 0.3 is 0 Å². The fourth-order valence-electron chi connectivity index (χ4n) is 2.16. The van der Waals surface area contributed by atoms with Crippen LogP contribution >= 0.6 is 0 Å². The molecule has 0 heterocycles. The first-order valence-electron chi connectivity index (χ1n) is 6.75. The molecule has 0 spiro atoms. The lowest BCUT2D eigenvalue weighted by molar-refractivity contribution is 0.282. The molecule has 0 fully saturated rings. The number of aryl methyl sites for hydroxylation is 2. The minimum atomic E-state index is 0.101. The Morgan fingerprint density at radius 3 is 2.60 bits per heavy atom. The van der Waals surface area contributed by atoms with Gasteiger partial charge in [-0.3, -0.25) is 0 Å². The second kappa shape index (κ2) is 6.85. The number of aromatic hydroxyl groups is 1. The van der Waals surface area contributed by atoms with Crippen molar-refractivity contribution in [1.82, 2.24) is 0 Å². The van der Waals surface area contributed by atoms with E-state index in [2.05, 4.69) is 25.1 Å². The summed E-state index contributed by atoms with van der Waals surface area (Å²) in [6.07, 6.45) is 1.90. The largest absolute Gasteiger partial charge is 0.504 e. The van der Waals surface area contributed by atoms with Gasteiger partial charge in [0.2, 0.25) is 5.75 Å². The molecule has 0 atom stereocenters. The Balaban J connectivity index is 1.88. The molecule has 3 heteroatoms. The number of phenolic OH excluding ortho intramolecular Hbond substituents is 1. The normalized spacial score (nSPS) is 10.3. The number of phenols is 1. The maximum Gasteiger partial charge on any atom is 0.203 e. The number of rotatable bonds is 6. The van der Waals surface area contributed by atoms with E-state index in [4.69, 9.17) is 9.47 Å². The number of hydrogen-bond acceptors (Lipinski definition) is 3. The molecule has 0 bridgehead atoms. The molecular formula is C17H20O3. The Labute approximate surface area is 119 Å². The highest BCUT2D eigenvalue weighted by molar-refractivity contribution is 5.50. The molecule has 1 N–H and O–H groups in total. The Hall–Kier alpha value is -2.16. The first-order valence-corrected chi connectivity index (χ1v) is 6.75. The van der Waals surface area contributed by atoms with Gasteiger partial charge in [0.1, 0.15) is 0 Å². The Morgan fingerprint density at radius 2 is 1.85 bits per heavy atom. The lowest BCUT2D eigenvalue weighted by Gasteiger charge is -2.12. The van der Waals surface area contributed by atoms with Crippen LogP contribution in [0.3, 0.4) is 0 Å². The fourth-order valence-corrected chi connectivity index (χ4v) is 2.16. The average molecular weight is 272 g/mol. The zero-order chi connectivity index (χ0) is 14.4. The summed E-state index contributed by atoms with van der Waals surface area (Å²) in [7, 11) is 1.52. The number of para-hydroxylation sites is 1. The lowest BCUT2D eigenvalue weighted by Crippen LogP contribution is -2.01. The van der Waals surface area contributed by atoms with Crippen molar-refractivity contribution in [3.8, 4) is 17.2 Å². The molecule has 106 valence electrons. The molecule has 20 heavy (non-hydrogen) atoms. The van der Waals surface area contributed by atoms with Crippen LogP contribution in [0.4, 0.5) is 0 Å². The predicted molar refractivity (Wildman–Crippen MR) is 79.7 cm³/mol. The standard InChI is InChI=1S/C17H20O3/c1-13-7-3-4-8-14(13)9-6-12-20-16-11-5-10-15(18)17(16)19-2/h3-5,7-8,10-11,18H,6,9,12H2,1-2H3. The highest BCUT2D eigenvalue weighted by Gasteiger charge is 2.08. The summed E-state index contributed by atoms with van der Waals surface area (Å²) in [4.78, 5) is 0. The third kappa shape index (κ3) is 3.44. The van der Waals surface area contributed by atoms with Crippen molar-refractivity contribution in [2.75, 3.05) is 13.7 Å². The Morgan fingerprint density at radius 1 is 1.05 bits per heavy atom. The molecule has 0 unspecified atom stereocenters. The molecule has 0 aliphatic heterocycles. The minimum Gasteiger partial charge on any atom is -0.504 e. The summed E-state index contributed by atoms with van der Waals surface area (Å²) in [5.74, 6) is 1.07. The van der Waals surface area contributed by atoms with E-state index in [-0.39, 0.29) is 5.75 Å². The van der Waals surface area contributed by atoms with Crippen LogP contribution in [0.5, 0.6) is 17.2 Å². The van der Waals surface area contributed by atoms with E-state index in [1.165, 1.54) is 18.2 Å². The Kier molecular flexibility index (Phi) is 4.88. The second-order valence-corrected chi connectivity index (χ2v) is 4.69. The van der Waals surface area contributed by atoms with Crippen LogP contribution in [-0.4, -0.2) is 18.8 Å². The molecule has 2 aromatic carbocycles. The SMILES string of the molecule is COc1c(O)cccc1OCCCc1ccccc1C. The van der Waals surface area contributed by atoms with Crippen LogP contribution in [0, 0.1) is 6.92 Å². The summed E-state index contributed by atoms with van der Waals surface area (Å²) < 4.78 is 10.8. The summed E-state index contributed by atoms with van der Waals surface area (Å²) in [5, 5.41) is 9.66. The lowest BCUT2D eigenvalue weighted by atomic mass is 10.0. The fraction of sp³-hybridized carbons (Fsp3) is 0.294. The molecule has 2 rings (SSSR count). The zero-order valence-electron chi connectivity index (χ0n) is 11.9. The van der Waals surface area contributed by atoms with E-state index in [0.29, 0.717) is 18.1 Å². The molecule has 0 aliphatic carbocycles. The topological polar surface area (TPSA) is 38.7 Å². The van der Waals surface area contributed by atoms with Gasteiger partial charge in [0, 0.05) is 0 Å².